The molecular formula is C11H21Cl3O8. The Morgan fingerprint density at radius 3 is 0.727 bits per heavy atom. The first kappa shape index (κ1) is 32.6. The van der Waals surface area contributed by atoms with Crippen LogP contribution in [0.5, 0.6) is 0 Å². The Labute approximate surface area is 143 Å². The molecule has 22 heavy (non-hydrogen) atoms. The highest BCUT2D eigenvalue weighted by molar-refractivity contribution is 6.67. The summed E-state index contributed by atoms with van der Waals surface area (Å²) in [4.78, 5) is 36.0. The molecule has 0 amide bonds. The molecule has 0 aromatic heterocycles. The second-order valence-corrected chi connectivity index (χ2v) is 5.56. The van der Waals surface area contributed by atoms with Gasteiger partial charge in [-0.1, -0.05) is 41.7 Å². The SMILES string of the molecule is CC(=O)O.CC(=O)O.CC(=O)O.CC(=O)O.CCC(Cl)(Cl)Cl. The van der Waals surface area contributed by atoms with Crippen LogP contribution < -0.4 is 0 Å². The number of hydrogen-bond donors (Lipinski definition) is 4. The summed E-state index contributed by atoms with van der Waals surface area (Å²) >= 11 is 15.7. The third-order valence-corrected chi connectivity index (χ3v) is 1.20. The lowest BCUT2D eigenvalue weighted by atomic mass is 10.6. The second-order valence-electron chi connectivity index (χ2n) is 3.04. The highest BCUT2D eigenvalue weighted by atomic mass is 35.6. The molecular weight excluding hydrogens is 366 g/mol. The van der Waals surface area contributed by atoms with E-state index in [1.165, 1.54) is 0 Å². The number of alkyl halides is 3. The van der Waals surface area contributed by atoms with Crippen molar-refractivity contribution in [2.75, 3.05) is 0 Å². The Bertz CT molecular complexity index is 249. The van der Waals surface area contributed by atoms with Crippen LogP contribution in [0.4, 0.5) is 0 Å². The van der Waals surface area contributed by atoms with Crippen molar-refractivity contribution in [1.82, 2.24) is 0 Å². The number of rotatable bonds is 0. The summed E-state index contributed by atoms with van der Waals surface area (Å²) in [6, 6.07) is 0. The molecule has 0 radical (unpaired) electrons. The van der Waals surface area contributed by atoms with Gasteiger partial charge >= 0.3 is 0 Å². The predicted molar refractivity (Wildman–Crippen MR) is 83.8 cm³/mol. The van der Waals surface area contributed by atoms with Gasteiger partial charge < -0.3 is 20.4 Å². The van der Waals surface area contributed by atoms with Crippen molar-refractivity contribution < 1.29 is 39.6 Å². The van der Waals surface area contributed by atoms with Gasteiger partial charge in [-0.2, -0.15) is 0 Å². The van der Waals surface area contributed by atoms with E-state index in [0.29, 0.717) is 6.42 Å². The first-order chi connectivity index (χ1) is 9.49. The number of aliphatic carboxylic acids is 4. The molecule has 0 bridgehead atoms. The summed E-state index contributed by atoms with van der Waals surface area (Å²) in [6.07, 6.45) is 0.567. The maximum Gasteiger partial charge on any atom is 0.300 e. The quantitative estimate of drug-likeness (QED) is 0.463. The van der Waals surface area contributed by atoms with E-state index in [-0.39, 0.29) is 0 Å². The van der Waals surface area contributed by atoms with Gasteiger partial charge in [0.2, 0.25) is 0 Å². The van der Waals surface area contributed by atoms with E-state index >= 15 is 0 Å². The molecule has 0 aromatic rings. The largest absolute Gasteiger partial charge is 0.481 e. The normalized spacial score (nSPS) is 7.82. The van der Waals surface area contributed by atoms with Gasteiger partial charge in [0, 0.05) is 27.7 Å². The van der Waals surface area contributed by atoms with Crippen molar-refractivity contribution in [3.8, 4) is 0 Å². The molecule has 0 aliphatic carbocycles. The van der Waals surface area contributed by atoms with Gasteiger partial charge in [-0.3, -0.25) is 19.2 Å². The molecule has 8 nitrogen and oxygen atoms in total. The van der Waals surface area contributed by atoms with Crippen molar-refractivity contribution in [3.05, 3.63) is 0 Å². The molecule has 0 saturated carbocycles. The molecule has 0 saturated heterocycles. The van der Waals surface area contributed by atoms with Crippen molar-refractivity contribution >= 4 is 58.7 Å². The molecule has 4 N–H and O–H groups in total. The smallest absolute Gasteiger partial charge is 0.300 e. The van der Waals surface area contributed by atoms with Crippen LogP contribution >= 0.6 is 34.8 Å². The summed E-state index contributed by atoms with van der Waals surface area (Å²) in [5, 5.41) is 29.7. The summed E-state index contributed by atoms with van der Waals surface area (Å²) in [5.41, 5.74) is 0. The minimum atomic E-state index is -1.04. The Hall–Kier alpha value is -1.25. The first-order valence-corrected chi connectivity index (χ1v) is 6.47. The van der Waals surface area contributed by atoms with Crippen molar-refractivity contribution in [2.45, 2.75) is 44.8 Å². The van der Waals surface area contributed by atoms with E-state index in [1.54, 1.807) is 0 Å². The maximum absolute atomic E-state index is 9.00. The minimum absolute atomic E-state index is 0.567. The van der Waals surface area contributed by atoms with Crippen LogP contribution in [0.1, 0.15) is 41.0 Å². The summed E-state index contributed by atoms with van der Waals surface area (Å²) < 4.78 is -1.04. The molecule has 11 heteroatoms. The van der Waals surface area contributed by atoms with Gasteiger partial charge in [0.15, 0.2) is 3.79 Å². The van der Waals surface area contributed by atoms with Crippen LogP contribution in [0.15, 0.2) is 0 Å². The van der Waals surface area contributed by atoms with E-state index in [4.69, 9.17) is 74.4 Å². The number of carboxylic acid groups (broad SMARTS) is 4. The van der Waals surface area contributed by atoms with Crippen molar-refractivity contribution in [2.24, 2.45) is 0 Å². The zero-order valence-corrected chi connectivity index (χ0v) is 15.0. The lowest BCUT2D eigenvalue weighted by Gasteiger charge is -2.02. The molecule has 0 fully saturated rings. The third kappa shape index (κ3) is 1930. The van der Waals surface area contributed by atoms with Gasteiger partial charge in [0.25, 0.3) is 23.9 Å². The highest BCUT2D eigenvalue weighted by Gasteiger charge is 2.14. The number of carboxylic acids is 4. The lowest BCUT2D eigenvalue weighted by molar-refractivity contribution is -0.135. The fourth-order valence-corrected chi connectivity index (χ4v) is 0. The number of halogens is 3. The van der Waals surface area contributed by atoms with Crippen LogP contribution in [0.3, 0.4) is 0 Å². The molecule has 0 rings (SSSR count). The fraction of sp³-hybridized carbons (Fsp3) is 0.636. The second kappa shape index (κ2) is 22.0. The van der Waals surface area contributed by atoms with Crippen molar-refractivity contribution in [1.29, 1.82) is 0 Å². The van der Waals surface area contributed by atoms with Crippen molar-refractivity contribution in [3.63, 3.8) is 0 Å². The predicted octanol–water partition coefficient (Wildman–Crippen LogP) is 3.13. The van der Waals surface area contributed by atoms with Crippen LogP contribution in [0.2, 0.25) is 0 Å². The van der Waals surface area contributed by atoms with E-state index in [1.807, 2.05) is 6.92 Å². The topological polar surface area (TPSA) is 149 Å². The summed E-state index contributed by atoms with van der Waals surface area (Å²) in [6.45, 7) is 6.15. The molecule has 134 valence electrons. The fourth-order valence-electron chi connectivity index (χ4n) is 0. The lowest BCUT2D eigenvalue weighted by Crippen LogP contribution is -1.95. The number of hydrogen-bond acceptors (Lipinski definition) is 4. The first-order valence-electron chi connectivity index (χ1n) is 5.34. The standard InChI is InChI=1S/C3H5Cl3.4C2H4O2/c1-2-3(4,5)6;4*1-2(3)4/h2H2,1H3;4*1H3,(H,3,4). The Morgan fingerprint density at radius 1 is 0.682 bits per heavy atom. The third-order valence-electron chi connectivity index (χ3n) is 0.401. The van der Waals surface area contributed by atoms with Gasteiger partial charge in [-0.05, 0) is 6.42 Å². The molecule has 0 spiro atoms. The van der Waals surface area contributed by atoms with Crippen LogP contribution in [0.25, 0.3) is 0 Å². The molecule has 0 aromatic carbocycles. The molecule has 0 aliphatic heterocycles. The summed E-state index contributed by atoms with van der Waals surface area (Å²) in [7, 11) is 0. The van der Waals surface area contributed by atoms with E-state index < -0.39 is 27.7 Å². The molecule has 0 heterocycles. The zero-order chi connectivity index (χ0) is 19.5. The van der Waals surface area contributed by atoms with E-state index in [9.17, 15) is 0 Å². The summed E-state index contributed by atoms with van der Waals surface area (Å²) in [5.74, 6) is -3.33. The van der Waals surface area contributed by atoms with Gasteiger partial charge in [-0.25, -0.2) is 0 Å². The maximum atomic E-state index is 9.00. The number of carbonyl (C=O) groups is 4. The Kier molecular flexibility index (Phi) is 32.7. The van der Waals surface area contributed by atoms with Crippen LogP contribution in [0, 0.1) is 0 Å². The zero-order valence-electron chi connectivity index (χ0n) is 12.8. The van der Waals surface area contributed by atoms with Crippen LogP contribution in [-0.2, 0) is 19.2 Å². The monoisotopic (exact) mass is 386 g/mol. The average Bonchev–Trinajstić information content (AvgIpc) is 2.12. The van der Waals surface area contributed by atoms with Gasteiger partial charge in [-0.15, -0.1) is 0 Å². The van der Waals surface area contributed by atoms with Gasteiger partial charge in [0.1, 0.15) is 0 Å². The van der Waals surface area contributed by atoms with E-state index in [0.717, 1.165) is 27.7 Å². The highest BCUT2D eigenvalue weighted by Crippen LogP contribution is 2.28. The average molecular weight is 388 g/mol. The molecule has 0 aliphatic rings. The van der Waals surface area contributed by atoms with Gasteiger partial charge in [0.05, 0.1) is 0 Å². The Balaban J connectivity index is -0.0000000555. The molecule has 0 unspecified atom stereocenters. The minimum Gasteiger partial charge on any atom is -0.481 e. The van der Waals surface area contributed by atoms with Crippen LogP contribution in [-0.4, -0.2) is 48.1 Å². The van der Waals surface area contributed by atoms with E-state index in [2.05, 4.69) is 0 Å². The molecule has 0 atom stereocenters. The Morgan fingerprint density at radius 2 is 0.727 bits per heavy atom.